The van der Waals surface area contributed by atoms with Gasteiger partial charge in [0.25, 0.3) is 11.5 Å². The monoisotopic (exact) mass is 570 g/mol. The van der Waals surface area contributed by atoms with Gasteiger partial charge in [-0.3, -0.25) is 14.4 Å². The van der Waals surface area contributed by atoms with E-state index in [1.54, 1.807) is 25.4 Å². The summed E-state index contributed by atoms with van der Waals surface area (Å²) in [5, 5.41) is 5.22. The van der Waals surface area contributed by atoms with Crippen molar-refractivity contribution in [3.8, 4) is 11.1 Å². The molecule has 8 heteroatoms. The number of hydrogen-bond donors (Lipinski definition) is 3. The summed E-state index contributed by atoms with van der Waals surface area (Å²) >= 11 is 6.22. The molecule has 0 bridgehead atoms. The number of rotatable bonds is 7. The zero-order chi connectivity index (χ0) is 30.1. The van der Waals surface area contributed by atoms with Gasteiger partial charge in [-0.1, -0.05) is 51.1 Å². The average molecular weight is 571 g/mol. The smallest absolute Gasteiger partial charge is 0.274 e. The second kappa shape index (κ2) is 11.6. The number of carbonyl (C=O) groups excluding carboxylic acids is 2. The normalized spacial score (nSPS) is 12.1. The van der Waals surface area contributed by atoms with E-state index in [0.29, 0.717) is 28.2 Å². The Kier molecular flexibility index (Phi) is 8.40. The predicted octanol–water partition coefficient (Wildman–Crippen LogP) is 6.73. The molecule has 0 radical (unpaired) electrons. The maximum atomic E-state index is 13.1. The molecule has 1 atom stereocenters. The highest BCUT2D eigenvalue weighted by atomic mass is 35.5. The van der Waals surface area contributed by atoms with E-state index in [2.05, 4.69) is 31.4 Å². The summed E-state index contributed by atoms with van der Waals surface area (Å²) in [5.74, 6) is -0.841. The highest BCUT2D eigenvalue weighted by Crippen LogP contribution is 2.32. The number of halogens is 1. The number of amides is 2. The molecule has 0 aliphatic carbocycles. The molecule has 41 heavy (non-hydrogen) atoms. The van der Waals surface area contributed by atoms with Crippen LogP contribution in [0.3, 0.4) is 0 Å². The SMILES string of the molecule is Cc1ccc(Nc2cc(-c3cccc(NC(=O)c4ccc(C(C)(C)C)cc4)c3C)cn(C)c2=O)cc1C(Cl)C(N)=O. The number of nitrogens with two attached hydrogens (primary N) is 1. The number of primary amides is 1. The first-order chi connectivity index (χ1) is 19.3. The van der Waals surface area contributed by atoms with Crippen molar-refractivity contribution in [1.29, 1.82) is 0 Å². The third kappa shape index (κ3) is 6.52. The van der Waals surface area contributed by atoms with Crippen LogP contribution in [0.4, 0.5) is 17.1 Å². The van der Waals surface area contributed by atoms with Crippen molar-refractivity contribution in [1.82, 2.24) is 4.57 Å². The highest BCUT2D eigenvalue weighted by Gasteiger charge is 2.19. The Hall–Kier alpha value is -4.36. The van der Waals surface area contributed by atoms with Crippen LogP contribution >= 0.6 is 11.6 Å². The maximum absolute atomic E-state index is 13.1. The van der Waals surface area contributed by atoms with Crippen LogP contribution in [0.5, 0.6) is 0 Å². The number of benzene rings is 3. The van der Waals surface area contributed by atoms with Crippen LogP contribution in [0.25, 0.3) is 11.1 Å². The van der Waals surface area contributed by atoms with Crippen LogP contribution in [0.1, 0.15) is 58.8 Å². The quantitative estimate of drug-likeness (QED) is 0.214. The molecule has 3 aromatic carbocycles. The summed E-state index contributed by atoms with van der Waals surface area (Å²) in [4.78, 5) is 37.8. The molecule has 0 saturated carbocycles. The van der Waals surface area contributed by atoms with Crippen molar-refractivity contribution in [2.24, 2.45) is 12.8 Å². The molecule has 0 aliphatic heterocycles. The van der Waals surface area contributed by atoms with Gasteiger partial charge in [0, 0.05) is 35.7 Å². The minimum absolute atomic E-state index is 0.00119. The summed E-state index contributed by atoms with van der Waals surface area (Å²) in [6.07, 6.45) is 1.76. The Morgan fingerprint density at radius 3 is 2.27 bits per heavy atom. The molecule has 1 heterocycles. The summed E-state index contributed by atoms with van der Waals surface area (Å²) in [5.41, 5.74) is 12.4. The Labute approximate surface area is 245 Å². The van der Waals surface area contributed by atoms with Gasteiger partial charge < -0.3 is 20.9 Å². The van der Waals surface area contributed by atoms with Crippen molar-refractivity contribution in [3.63, 3.8) is 0 Å². The standard InChI is InChI=1S/C33H35ClN4O3/c1-19-10-15-24(17-26(19)29(34)30(35)39)36-28-16-22(18-38(6)32(28)41)25-8-7-9-27(20(25)2)37-31(40)21-11-13-23(14-12-21)33(3,4)5/h7-18,29,36H,1-6H3,(H2,35,39)(H,37,40). The molecule has 2 amide bonds. The largest absolute Gasteiger partial charge is 0.368 e. The summed E-state index contributed by atoms with van der Waals surface area (Å²) < 4.78 is 1.50. The first kappa shape index (κ1) is 29.6. The number of anilines is 3. The zero-order valence-corrected chi connectivity index (χ0v) is 24.9. The van der Waals surface area contributed by atoms with E-state index in [1.165, 1.54) is 4.57 Å². The second-order valence-corrected chi connectivity index (χ2v) is 11.7. The Morgan fingerprint density at radius 2 is 1.63 bits per heavy atom. The minimum atomic E-state index is -0.983. The van der Waals surface area contributed by atoms with E-state index in [4.69, 9.17) is 17.3 Å². The number of nitrogens with one attached hydrogen (secondary N) is 2. The van der Waals surface area contributed by atoms with Crippen molar-refractivity contribution in [2.75, 3.05) is 10.6 Å². The van der Waals surface area contributed by atoms with Crippen LogP contribution in [0.2, 0.25) is 0 Å². The molecule has 0 aliphatic rings. The first-order valence-corrected chi connectivity index (χ1v) is 13.7. The Morgan fingerprint density at radius 1 is 0.951 bits per heavy atom. The maximum Gasteiger partial charge on any atom is 0.274 e. The molecular formula is C33H35ClN4O3. The number of aromatic nitrogens is 1. The molecule has 0 fully saturated rings. The highest BCUT2D eigenvalue weighted by molar-refractivity contribution is 6.30. The summed E-state index contributed by atoms with van der Waals surface area (Å²) in [6, 6.07) is 20.4. The van der Waals surface area contributed by atoms with Crippen molar-refractivity contribution >= 4 is 40.5 Å². The molecule has 212 valence electrons. The Balaban J connectivity index is 1.64. The average Bonchev–Trinajstić information content (AvgIpc) is 2.92. The van der Waals surface area contributed by atoms with Gasteiger partial charge in [0.2, 0.25) is 5.91 Å². The predicted molar refractivity (Wildman–Crippen MR) is 167 cm³/mol. The van der Waals surface area contributed by atoms with E-state index < -0.39 is 11.3 Å². The van der Waals surface area contributed by atoms with Crippen molar-refractivity contribution < 1.29 is 9.59 Å². The first-order valence-electron chi connectivity index (χ1n) is 13.3. The van der Waals surface area contributed by atoms with Crippen LogP contribution in [0, 0.1) is 13.8 Å². The third-order valence-electron chi connectivity index (χ3n) is 7.17. The second-order valence-electron chi connectivity index (χ2n) is 11.3. The fourth-order valence-electron chi connectivity index (χ4n) is 4.65. The number of aryl methyl sites for hydroxylation is 2. The molecule has 4 rings (SSSR count). The molecule has 1 aromatic heterocycles. The van der Waals surface area contributed by atoms with E-state index in [1.807, 2.05) is 68.4 Å². The number of pyridine rings is 1. The van der Waals surface area contributed by atoms with Crippen LogP contribution in [-0.4, -0.2) is 16.4 Å². The molecule has 7 nitrogen and oxygen atoms in total. The van der Waals surface area contributed by atoms with Gasteiger partial charge in [-0.05, 0) is 83.5 Å². The van der Waals surface area contributed by atoms with Gasteiger partial charge in [0.05, 0.1) is 0 Å². The van der Waals surface area contributed by atoms with Crippen LogP contribution in [-0.2, 0) is 17.3 Å². The van der Waals surface area contributed by atoms with Gasteiger partial charge in [0.15, 0.2) is 0 Å². The van der Waals surface area contributed by atoms with Crippen LogP contribution in [0.15, 0.2) is 77.7 Å². The zero-order valence-electron chi connectivity index (χ0n) is 24.1. The lowest BCUT2D eigenvalue weighted by atomic mass is 9.86. The molecule has 0 saturated heterocycles. The molecule has 4 N–H and O–H groups in total. The number of alkyl halides is 1. The third-order valence-corrected chi connectivity index (χ3v) is 7.62. The van der Waals surface area contributed by atoms with E-state index >= 15 is 0 Å². The molecule has 4 aromatic rings. The summed E-state index contributed by atoms with van der Waals surface area (Å²) in [7, 11) is 1.68. The van der Waals surface area contributed by atoms with Crippen molar-refractivity contribution in [2.45, 2.75) is 45.4 Å². The van der Waals surface area contributed by atoms with E-state index in [-0.39, 0.29) is 16.9 Å². The molecular weight excluding hydrogens is 536 g/mol. The lowest BCUT2D eigenvalue weighted by Gasteiger charge is -2.19. The lowest BCUT2D eigenvalue weighted by molar-refractivity contribution is -0.117. The van der Waals surface area contributed by atoms with Gasteiger partial charge in [-0.15, -0.1) is 11.6 Å². The van der Waals surface area contributed by atoms with Crippen LogP contribution < -0.4 is 21.9 Å². The topological polar surface area (TPSA) is 106 Å². The minimum Gasteiger partial charge on any atom is -0.368 e. The number of carbonyl (C=O) groups is 2. The lowest BCUT2D eigenvalue weighted by Crippen LogP contribution is -2.20. The Bertz CT molecular complexity index is 1680. The van der Waals surface area contributed by atoms with E-state index in [0.717, 1.165) is 27.8 Å². The molecule has 0 spiro atoms. The number of hydrogen-bond acceptors (Lipinski definition) is 4. The fraction of sp³-hybridized carbons (Fsp3) is 0.242. The fourth-order valence-corrected chi connectivity index (χ4v) is 4.88. The van der Waals surface area contributed by atoms with Crippen molar-refractivity contribution in [3.05, 3.63) is 111 Å². The van der Waals surface area contributed by atoms with Gasteiger partial charge in [0.1, 0.15) is 11.1 Å². The molecule has 1 unspecified atom stereocenters. The number of nitrogens with zero attached hydrogens (tertiary/aromatic N) is 1. The van der Waals surface area contributed by atoms with Gasteiger partial charge >= 0.3 is 0 Å². The summed E-state index contributed by atoms with van der Waals surface area (Å²) in [6.45, 7) is 10.2. The van der Waals surface area contributed by atoms with Gasteiger partial charge in [-0.2, -0.15) is 0 Å². The van der Waals surface area contributed by atoms with Gasteiger partial charge in [-0.25, -0.2) is 0 Å². The van der Waals surface area contributed by atoms with E-state index in [9.17, 15) is 14.4 Å².